The van der Waals surface area contributed by atoms with Crippen molar-refractivity contribution in [3.8, 4) is 11.5 Å². The molecule has 0 bridgehead atoms. The summed E-state index contributed by atoms with van der Waals surface area (Å²) in [7, 11) is 1.80. The zero-order valence-corrected chi connectivity index (χ0v) is 22.5. The van der Waals surface area contributed by atoms with Gasteiger partial charge in [-0.05, 0) is 46.7 Å². The molecule has 0 radical (unpaired) electrons. The molecule has 206 valence electrons. The number of carbonyl (C=O) groups is 4. The third-order valence-corrected chi connectivity index (χ3v) is 6.16. The van der Waals surface area contributed by atoms with E-state index in [0.29, 0.717) is 17.9 Å². The van der Waals surface area contributed by atoms with E-state index in [-0.39, 0.29) is 41.3 Å². The lowest BCUT2D eigenvalue weighted by Gasteiger charge is -2.28. The number of aryl methyl sites for hydroxylation is 1. The summed E-state index contributed by atoms with van der Waals surface area (Å²) in [6, 6.07) is 3.65. The second kappa shape index (κ2) is 14.2. The van der Waals surface area contributed by atoms with Crippen molar-refractivity contribution in [1.29, 1.82) is 0 Å². The molecule has 14 heteroatoms. The first-order valence-electron chi connectivity index (χ1n) is 11.7. The summed E-state index contributed by atoms with van der Waals surface area (Å²) in [5.41, 5.74) is 2.08. The summed E-state index contributed by atoms with van der Waals surface area (Å²) in [6.07, 6.45) is 1.90. The van der Waals surface area contributed by atoms with Crippen molar-refractivity contribution >= 4 is 35.6 Å². The van der Waals surface area contributed by atoms with E-state index in [9.17, 15) is 19.2 Å². The first-order chi connectivity index (χ1) is 17.9. The Morgan fingerprint density at radius 1 is 1.05 bits per heavy atom. The Balaban J connectivity index is 0.000000550. The highest BCUT2D eigenvalue weighted by Crippen LogP contribution is 2.37. The van der Waals surface area contributed by atoms with Gasteiger partial charge in [0.15, 0.2) is 11.5 Å². The van der Waals surface area contributed by atoms with Crippen LogP contribution in [0.2, 0.25) is 0 Å². The largest absolute Gasteiger partial charge is 0.478 e. The molecule has 13 nitrogen and oxygen atoms in total. The number of hydrogen-bond acceptors (Lipinski definition) is 11. The van der Waals surface area contributed by atoms with Crippen LogP contribution in [0.1, 0.15) is 44.9 Å². The van der Waals surface area contributed by atoms with Crippen LogP contribution in [0, 0.1) is 11.8 Å². The highest BCUT2D eigenvalue weighted by molar-refractivity contribution is 7.99. The standard InChI is InChI=1S/C20H27N5O4S.C4H4O4/c1-11(2)18(26)28-16-8-13-6-7-21-15(10-30-20-22-23-24-25(20)5)14(13)9-17(16)29-19(27)12(3)4;5-3(6)1-2-4(7)8/h8-9,11-12,15,21H,6-7,10H2,1-5H3;1-2H,(H,5,6)(H,7,8)/b;2-1+. The number of aliphatic carboxylic acids is 2. The molecule has 1 atom stereocenters. The fourth-order valence-corrected chi connectivity index (χ4v) is 3.99. The Morgan fingerprint density at radius 2 is 1.61 bits per heavy atom. The molecule has 0 saturated heterocycles. The molecular weight excluding hydrogens is 518 g/mol. The number of carboxylic acid groups (broad SMARTS) is 2. The van der Waals surface area contributed by atoms with Gasteiger partial charge in [0.05, 0.1) is 11.8 Å². The smallest absolute Gasteiger partial charge is 0.328 e. The number of ether oxygens (including phenoxy) is 2. The fraction of sp³-hybridized carbons (Fsp3) is 0.458. The molecule has 3 N–H and O–H groups in total. The van der Waals surface area contributed by atoms with Crippen LogP contribution in [0.4, 0.5) is 0 Å². The van der Waals surface area contributed by atoms with Gasteiger partial charge in [-0.1, -0.05) is 39.5 Å². The molecule has 2 aromatic rings. The minimum absolute atomic E-state index is 0.0156. The number of carbonyl (C=O) groups excluding carboxylic acids is 2. The third-order valence-electron chi connectivity index (χ3n) is 5.06. The quantitative estimate of drug-likeness (QED) is 0.179. The molecule has 1 unspecified atom stereocenters. The number of esters is 2. The fourth-order valence-electron chi connectivity index (χ4n) is 3.05. The Labute approximate surface area is 223 Å². The van der Waals surface area contributed by atoms with Crippen molar-refractivity contribution in [3.63, 3.8) is 0 Å². The molecular formula is C24H31N5O8S. The van der Waals surface area contributed by atoms with Gasteiger partial charge in [-0.25, -0.2) is 14.3 Å². The molecule has 0 saturated carbocycles. The summed E-state index contributed by atoms with van der Waals surface area (Å²) in [4.78, 5) is 43.5. The topological polar surface area (TPSA) is 183 Å². The van der Waals surface area contributed by atoms with Crippen LogP contribution in [-0.4, -0.2) is 66.6 Å². The molecule has 0 aliphatic carbocycles. The molecule has 3 rings (SSSR count). The summed E-state index contributed by atoms with van der Waals surface area (Å²) in [5, 5.41) is 31.4. The number of thioether (sulfide) groups is 1. The molecule has 38 heavy (non-hydrogen) atoms. The van der Waals surface area contributed by atoms with Crippen LogP contribution in [0.15, 0.2) is 29.4 Å². The summed E-state index contributed by atoms with van der Waals surface area (Å²) in [6.45, 7) is 7.84. The molecule has 0 spiro atoms. The van der Waals surface area contributed by atoms with E-state index in [1.54, 1.807) is 39.4 Å². The lowest BCUT2D eigenvalue weighted by molar-refractivity contribution is -0.140. The predicted octanol–water partition coefficient (Wildman–Crippen LogP) is 2.02. The first-order valence-corrected chi connectivity index (χ1v) is 12.7. The van der Waals surface area contributed by atoms with E-state index in [1.165, 1.54) is 11.8 Å². The molecule has 1 aromatic heterocycles. The highest BCUT2D eigenvalue weighted by Gasteiger charge is 2.26. The predicted molar refractivity (Wildman–Crippen MR) is 136 cm³/mol. The van der Waals surface area contributed by atoms with Gasteiger partial charge in [-0.3, -0.25) is 9.59 Å². The maximum absolute atomic E-state index is 12.2. The highest BCUT2D eigenvalue weighted by atomic mass is 32.2. The molecule has 1 aliphatic rings. The molecule has 0 amide bonds. The van der Waals surface area contributed by atoms with Gasteiger partial charge in [0.1, 0.15) is 0 Å². The maximum atomic E-state index is 12.2. The minimum Gasteiger partial charge on any atom is -0.478 e. The Morgan fingerprint density at radius 3 is 2.08 bits per heavy atom. The average Bonchev–Trinajstić information content (AvgIpc) is 3.26. The number of benzene rings is 1. The zero-order valence-electron chi connectivity index (χ0n) is 21.7. The number of aromatic nitrogens is 4. The van der Waals surface area contributed by atoms with Crippen molar-refractivity contribution in [2.75, 3.05) is 12.3 Å². The van der Waals surface area contributed by atoms with Gasteiger partial charge >= 0.3 is 23.9 Å². The van der Waals surface area contributed by atoms with Crippen LogP contribution in [0.5, 0.6) is 11.5 Å². The SMILES string of the molecule is CC(C)C(=O)Oc1cc2c(cc1OC(=O)C(C)C)C(CSc1nnnn1C)NCC2.O=C(O)/C=C/C(=O)O. The van der Waals surface area contributed by atoms with Crippen LogP contribution in [0.25, 0.3) is 0 Å². The van der Waals surface area contributed by atoms with Gasteiger partial charge in [0.2, 0.25) is 5.16 Å². The number of hydrogen-bond donors (Lipinski definition) is 3. The summed E-state index contributed by atoms with van der Waals surface area (Å²) in [5.74, 6) is -2.61. The molecule has 1 aromatic carbocycles. The Hall–Kier alpha value is -3.78. The van der Waals surface area contributed by atoms with Crippen LogP contribution in [0.3, 0.4) is 0 Å². The average molecular weight is 550 g/mol. The molecule has 0 fully saturated rings. The van der Waals surface area contributed by atoms with E-state index < -0.39 is 11.9 Å². The number of fused-ring (bicyclic) bond motifs is 1. The first kappa shape index (κ1) is 30.4. The summed E-state index contributed by atoms with van der Waals surface area (Å²) < 4.78 is 12.8. The van der Waals surface area contributed by atoms with Gasteiger partial charge in [-0.2, -0.15) is 0 Å². The van der Waals surface area contributed by atoms with E-state index in [0.717, 1.165) is 29.2 Å². The van der Waals surface area contributed by atoms with Crippen molar-refractivity contribution in [1.82, 2.24) is 25.5 Å². The number of carboxylic acids is 2. The van der Waals surface area contributed by atoms with Crippen LogP contribution >= 0.6 is 11.8 Å². The van der Waals surface area contributed by atoms with Gasteiger partial charge < -0.3 is 25.0 Å². The number of nitrogens with zero attached hydrogens (tertiary/aromatic N) is 4. The van der Waals surface area contributed by atoms with Crippen LogP contribution in [-0.2, 0) is 32.6 Å². The Kier molecular flexibility index (Phi) is 11.4. The normalized spacial score (nSPS) is 14.6. The Bertz CT molecular complexity index is 1180. The monoisotopic (exact) mass is 549 g/mol. The number of tetrazole rings is 1. The zero-order chi connectivity index (χ0) is 28.4. The van der Waals surface area contributed by atoms with Crippen molar-refractivity contribution in [2.24, 2.45) is 18.9 Å². The lowest BCUT2D eigenvalue weighted by Crippen LogP contribution is -2.31. The number of rotatable bonds is 9. The summed E-state index contributed by atoms with van der Waals surface area (Å²) >= 11 is 1.54. The van der Waals surface area contributed by atoms with E-state index in [1.807, 2.05) is 12.1 Å². The maximum Gasteiger partial charge on any atom is 0.328 e. The number of nitrogens with one attached hydrogen (secondary N) is 1. The van der Waals surface area contributed by atoms with Gasteiger partial charge in [0.25, 0.3) is 0 Å². The van der Waals surface area contributed by atoms with E-state index in [2.05, 4.69) is 20.8 Å². The van der Waals surface area contributed by atoms with Crippen molar-refractivity contribution < 1.29 is 38.9 Å². The van der Waals surface area contributed by atoms with E-state index in [4.69, 9.17) is 19.7 Å². The lowest BCUT2D eigenvalue weighted by atomic mass is 9.94. The minimum atomic E-state index is -1.26. The van der Waals surface area contributed by atoms with Crippen molar-refractivity contribution in [3.05, 3.63) is 35.4 Å². The van der Waals surface area contributed by atoms with Gasteiger partial charge in [-0.15, -0.1) is 5.10 Å². The van der Waals surface area contributed by atoms with Gasteiger partial charge in [0, 0.05) is 31.0 Å². The molecule has 2 heterocycles. The second-order valence-electron chi connectivity index (χ2n) is 8.81. The van der Waals surface area contributed by atoms with Crippen molar-refractivity contribution in [2.45, 2.75) is 45.3 Å². The van der Waals surface area contributed by atoms with Crippen LogP contribution < -0.4 is 14.8 Å². The van der Waals surface area contributed by atoms with E-state index >= 15 is 0 Å². The molecule has 1 aliphatic heterocycles. The second-order valence-corrected chi connectivity index (χ2v) is 9.80. The third kappa shape index (κ3) is 9.27.